The number of ether oxygens (including phenoxy) is 1. The molecule has 2 aromatic carbocycles. The summed E-state index contributed by atoms with van der Waals surface area (Å²) in [4.78, 5) is 27.5. The molecule has 1 aliphatic rings. The quantitative estimate of drug-likeness (QED) is 0.197. The molecule has 0 radical (unpaired) electrons. The number of aliphatic hydroxyl groups excluding tert-OH is 1. The van der Waals surface area contributed by atoms with Crippen LogP contribution in [-0.2, 0) is 26.8 Å². The highest BCUT2D eigenvalue weighted by Gasteiger charge is 2.35. The van der Waals surface area contributed by atoms with Crippen molar-refractivity contribution in [3.05, 3.63) is 92.7 Å². The molecule has 0 spiro atoms. The molecule has 1 aromatic heterocycles. The molecule has 13 heteroatoms. The minimum Gasteiger partial charge on any atom is -0.445 e. The maximum atomic E-state index is 13.3. The number of likely N-dealkylation sites (tertiary alicyclic amines) is 1. The van der Waals surface area contributed by atoms with Crippen LogP contribution < -0.4 is 0 Å². The minimum atomic E-state index is -3.64. The molecule has 1 aliphatic heterocycles. The highest BCUT2D eigenvalue weighted by atomic mass is 32.2. The number of thiophene rings is 1. The topological polar surface area (TPSA) is 134 Å². The molecule has 0 unspecified atom stereocenters. The zero-order chi connectivity index (χ0) is 31.7. The summed E-state index contributed by atoms with van der Waals surface area (Å²) in [6, 6.07) is 16.3. The molecule has 1 fully saturated rings. The van der Waals surface area contributed by atoms with E-state index in [0.29, 0.717) is 24.9 Å². The number of benzene rings is 2. The van der Waals surface area contributed by atoms with Crippen molar-refractivity contribution < 1.29 is 28.0 Å². The Labute approximate surface area is 262 Å². The Kier molecular flexibility index (Phi) is 11.5. The predicted octanol–water partition coefficient (Wildman–Crippen LogP) is 4.72. The number of hydrogen-bond acceptors (Lipinski definition) is 9. The molecule has 2 heterocycles. The second-order valence-corrected chi connectivity index (χ2v) is 14.2. The van der Waals surface area contributed by atoms with Crippen LogP contribution in [0.15, 0.2) is 76.3 Å². The molecule has 0 bridgehead atoms. The van der Waals surface area contributed by atoms with Crippen molar-refractivity contribution >= 4 is 33.1 Å². The van der Waals surface area contributed by atoms with Gasteiger partial charge in [-0.2, -0.15) is 11.3 Å². The second kappa shape index (κ2) is 15.1. The van der Waals surface area contributed by atoms with Crippen molar-refractivity contribution in [3.63, 3.8) is 0 Å². The van der Waals surface area contributed by atoms with Gasteiger partial charge in [-0.3, -0.25) is 10.1 Å². The Bertz CT molecular complexity index is 1460. The Morgan fingerprint density at radius 3 is 2.41 bits per heavy atom. The molecule has 0 aliphatic carbocycles. The van der Waals surface area contributed by atoms with E-state index in [2.05, 4.69) is 23.3 Å². The van der Waals surface area contributed by atoms with E-state index >= 15 is 0 Å². The number of nitro groups is 1. The fourth-order valence-electron chi connectivity index (χ4n) is 5.60. The van der Waals surface area contributed by atoms with Crippen molar-refractivity contribution in [3.8, 4) is 0 Å². The van der Waals surface area contributed by atoms with Gasteiger partial charge in [0.05, 0.1) is 16.4 Å². The molecule has 11 nitrogen and oxygen atoms in total. The smallest absolute Gasteiger partial charge is 0.410 e. The van der Waals surface area contributed by atoms with Gasteiger partial charge in [-0.1, -0.05) is 25.1 Å². The van der Waals surface area contributed by atoms with Crippen LogP contribution in [0.3, 0.4) is 0 Å². The average Bonchev–Trinajstić information content (AvgIpc) is 3.59. The first-order valence-electron chi connectivity index (χ1n) is 14.6. The van der Waals surface area contributed by atoms with Crippen LogP contribution in [0, 0.1) is 10.1 Å². The van der Waals surface area contributed by atoms with Crippen molar-refractivity contribution in [1.82, 2.24) is 14.1 Å². The summed E-state index contributed by atoms with van der Waals surface area (Å²) >= 11 is 1.60. The molecular formula is C31H40N4O7S2. The molecule has 238 valence electrons. The van der Waals surface area contributed by atoms with E-state index in [0.717, 1.165) is 31.6 Å². The van der Waals surface area contributed by atoms with Crippen molar-refractivity contribution in [2.24, 2.45) is 0 Å². The van der Waals surface area contributed by atoms with Crippen LogP contribution in [0.4, 0.5) is 10.5 Å². The highest BCUT2D eigenvalue weighted by molar-refractivity contribution is 7.89. The van der Waals surface area contributed by atoms with Crippen LogP contribution >= 0.6 is 11.3 Å². The van der Waals surface area contributed by atoms with Gasteiger partial charge in [0.1, 0.15) is 6.61 Å². The first kappa shape index (κ1) is 33.5. The summed E-state index contributed by atoms with van der Waals surface area (Å²) in [7, 11) is -2.00. The van der Waals surface area contributed by atoms with Crippen molar-refractivity contribution in [1.29, 1.82) is 0 Å². The standard InChI is InChI=1S/C31H40N4O7S2/c1-31(26-14-21-43-23-26,24-32(2)44(40,41)29-6-4-3-5-7-29)15-18-33-16-12-27(13-17-33)34(19-20-36)30(37)42-22-25-8-10-28(11-9-25)35(38)39/h3-11,14,21,23,27,36H,12-13,15-20,22,24H2,1-2H3/t31-/m1/s1. The lowest BCUT2D eigenvalue weighted by Crippen LogP contribution is -2.49. The number of sulfonamides is 1. The Balaban J connectivity index is 1.33. The van der Waals surface area contributed by atoms with E-state index in [-0.39, 0.29) is 36.4 Å². The zero-order valence-corrected chi connectivity index (χ0v) is 26.7. The van der Waals surface area contributed by atoms with Gasteiger partial charge < -0.3 is 19.6 Å². The summed E-state index contributed by atoms with van der Waals surface area (Å²) in [5, 5.41) is 24.6. The van der Waals surface area contributed by atoms with Gasteiger partial charge in [-0.05, 0) is 78.0 Å². The summed E-state index contributed by atoms with van der Waals surface area (Å²) in [5.74, 6) is 0. The number of likely N-dealkylation sites (N-methyl/N-ethyl adjacent to an activating group) is 1. The average molecular weight is 645 g/mol. The molecule has 0 saturated carbocycles. The van der Waals surface area contributed by atoms with E-state index in [1.165, 1.54) is 16.4 Å². The molecule has 44 heavy (non-hydrogen) atoms. The van der Waals surface area contributed by atoms with Crippen LogP contribution in [0.1, 0.15) is 37.3 Å². The fourth-order valence-corrected chi connectivity index (χ4v) is 7.73. The third-order valence-corrected chi connectivity index (χ3v) is 10.8. The number of rotatable bonds is 14. The maximum absolute atomic E-state index is 13.3. The van der Waals surface area contributed by atoms with Crippen LogP contribution in [0.5, 0.6) is 0 Å². The number of nitro benzene ring substituents is 1. The third-order valence-electron chi connectivity index (χ3n) is 8.30. The first-order chi connectivity index (χ1) is 21.0. The number of aliphatic hydroxyl groups is 1. The molecule has 1 amide bonds. The number of piperidine rings is 1. The Morgan fingerprint density at radius 1 is 1.14 bits per heavy atom. The number of carbonyl (C=O) groups is 1. The SMILES string of the molecule is CN(C[C@@](C)(CCN1CCC(N(CCO)C(=O)OCc2ccc([N+](=O)[O-])cc2)CC1)c1ccsc1)S(=O)(=O)c1ccccc1. The molecule has 4 rings (SSSR count). The molecule has 1 N–H and O–H groups in total. The number of carbonyl (C=O) groups excluding carboxylic acids is 1. The van der Waals surface area contributed by atoms with E-state index in [1.54, 1.807) is 65.7 Å². The van der Waals surface area contributed by atoms with Crippen molar-refractivity contribution in [2.75, 3.05) is 46.4 Å². The normalized spacial score (nSPS) is 16.0. The fraction of sp³-hybridized carbons (Fsp3) is 0.452. The number of hydrogen-bond donors (Lipinski definition) is 1. The highest BCUT2D eigenvalue weighted by Crippen LogP contribution is 2.33. The van der Waals surface area contributed by atoms with Crippen LogP contribution in [0.2, 0.25) is 0 Å². The van der Waals surface area contributed by atoms with E-state index < -0.39 is 26.5 Å². The van der Waals surface area contributed by atoms with Gasteiger partial charge in [0.2, 0.25) is 10.0 Å². The van der Waals surface area contributed by atoms with Crippen molar-refractivity contribution in [2.45, 2.75) is 49.1 Å². The summed E-state index contributed by atoms with van der Waals surface area (Å²) in [6.07, 6.45) is 1.65. The maximum Gasteiger partial charge on any atom is 0.410 e. The van der Waals surface area contributed by atoms with Gasteiger partial charge in [0.25, 0.3) is 5.69 Å². The molecule has 1 saturated heterocycles. The van der Waals surface area contributed by atoms with Gasteiger partial charge in [0.15, 0.2) is 0 Å². The summed E-state index contributed by atoms with van der Waals surface area (Å²) < 4.78 is 33.5. The summed E-state index contributed by atoms with van der Waals surface area (Å²) in [6.45, 7) is 4.66. The zero-order valence-electron chi connectivity index (χ0n) is 25.1. The Morgan fingerprint density at radius 2 is 1.82 bits per heavy atom. The second-order valence-electron chi connectivity index (χ2n) is 11.4. The van der Waals surface area contributed by atoms with Gasteiger partial charge in [0, 0.05) is 56.8 Å². The lowest BCUT2D eigenvalue weighted by molar-refractivity contribution is -0.384. The Hall–Kier alpha value is -3.36. The van der Waals surface area contributed by atoms with E-state index in [1.807, 2.05) is 5.38 Å². The van der Waals surface area contributed by atoms with Crippen LogP contribution in [0.25, 0.3) is 0 Å². The first-order valence-corrected chi connectivity index (χ1v) is 17.0. The minimum absolute atomic E-state index is 0.0206. The predicted molar refractivity (Wildman–Crippen MR) is 169 cm³/mol. The third kappa shape index (κ3) is 8.42. The summed E-state index contributed by atoms with van der Waals surface area (Å²) in [5.41, 5.74) is 1.31. The number of amides is 1. The lowest BCUT2D eigenvalue weighted by atomic mass is 9.80. The van der Waals surface area contributed by atoms with Gasteiger partial charge in [-0.15, -0.1) is 0 Å². The van der Waals surface area contributed by atoms with Gasteiger partial charge >= 0.3 is 6.09 Å². The largest absolute Gasteiger partial charge is 0.445 e. The molecular weight excluding hydrogens is 604 g/mol. The van der Waals surface area contributed by atoms with E-state index in [9.17, 15) is 28.4 Å². The monoisotopic (exact) mass is 644 g/mol. The lowest BCUT2D eigenvalue weighted by Gasteiger charge is -2.40. The molecule has 1 atom stereocenters. The van der Waals surface area contributed by atoms with Gasteiger partial charge in [-0.25, -0.2) is 17.5 Å². The van der Waals surface area contributed by atoms with Crippen LogP contribution in [-0.4, -0.2) is 91.1 Å². The van der Waals surface area contributed by atoms with E-state index in [4.69, 9.17) is 4.74 Å². The molecule has 3 aromatic rings. The number of non-ortho nitro benzene ring substituents is 1. The number of nitrogens with zero attached hydrogens (tertiary/aromatic N) is 4.